The maximum absolute atomic E-state index is 12.2. The molecular weight excluding hydrogens is 272 g/mol. The van der Waals surface area contributed by atoms with Crippen molar-refractivity contribution >= 4 is 23.1 Å². The van der Waals surface area contributed by atoms with Gasteiger partial charge in [-0.05, 0) is 17.7 Å². The summed E-state index contributed by atoms with van der Waals surface area (Å²) < 4.78 is 0. The number of para-hydroxylation sites is 1. The zero-order chi connectivity index (χ0) is 14.5. The van der Waals surface area contributed by atoms with Crippen molar-refractivity contribution < 1.29 is 9.90 Å². The molecule has 0 spiro atoms. The second-order valence-electron chi connectivity index (χ2n) is 4.24. The molecule has 2 rings (SSSR count). The second kappa shape index (κ2) is 6.16. The van der Waals surface area contributed by atoms with Crippen LogP contribution in [-0.4, -0.2) is 16.0 Å². The normalized spacial score (nSPS) is 11.6. The molecule has 0 radical (unpaired) electrons. The van der Waals surface area contributed by atoms with Gasteiger partial charge in [0.1, 0.15) is 16.8 Å². The molecule has 1 unspecified atom stereocenters. The standard InChI is InChI=1S/C15H14N2O2S/c16-14(20)13(10-6-2-1-3-7-10)17-15(19)11-8-4-5-9-12(11)18/h1-9,13,18H,(H2,16,20)(H,17,19). The molecule has 1 amide bonds. The molecule has 0 bridgehead atoms. The van der Waals surface area contributed by atoms with E-state index in [1.165, 1.54) is 12.1 Å². The molecule has 4 nitrogen and oxygen atoms in total. The summed E-state index contributed by atoms with van der Waals surface area (Å²) >= 11 is 5.00. The van der Waals surface area contributed by atoms with Gasteiger partial charge in [0.15, 0.2) is 0 Å². The summed E-state index contributed by atoms with van der Waals surface area (Å²) in [6, 6.07) is 14.9. The molecule has 0 saturated carbocycles. The van der Waals surface area contributed by atoms with Crippen LogP contribution < -0.4 is 11.1 Å². The van der Waals surface area contributed by atoms with Gasteiger partial charge in [0, 0.05) is 0 Å². The summed E-state index contributed by atoms with van der Waals surface area (Å²) in [7, 11) is 0. The fourth-order valence-corrected chi connectivity index (χ4v) is 2.03. The molecular formula is C15H14N2O2S. The molecule has 0 aliphatic heterocycles. The number of hydrogen-bond donors (Lipinski definition) is 3. The first kappa shape index (κ1) is 14.0. The molecule has 0 aliphatic rings. The zero-order valence-electron chi connectivity index (χ0n) is 10.6. The van der Waals surface area contributed by atoms with Crippen molar-refractivity contribution in [2.24, 2.45) is 5.73 Å². The maximum atomic E-state index is 12.2. The highest BCUT2D eigenvalue weighted by molar-refractivity contribution is 7.80. The zero-order valence-corrected chi connectivity index (χ0v) is 11.4. The van der Waals surface area contributed by atoms with E-state index in [0.29, 0.717) is 0 Å². The fraction of sp³-hybridized carbons (Fsp3) is 0.0667. The van der Waals surface area contributed by atoms with Gasteiger partial charge in [-0.2, -0.15) is 0 Å². The molecule has 5 heteroatoms. The molecule has 102 valence electrons. The minimum atomic E-state index is -0.571. The molecule has 2 aromatic carbocycles. The number of benzene rings is 2. The highest BCUT2D eigenvalue weighted by Crippen LogP contribution is 2.18. The van der Waals surface area contributed by atoms with E-state index >= 15 is 0 Å². The van der Waals surface area contributed by atoms with Gasteiger partial charge in [-0.1, -0.05) is 54.7 Å². The third-order valence-corrected chi connectivity index (χ3v) is 3.08. The number of hydrogen-bond acceptors (Lipinski definition) is 3. The minimum absolute atomic E-state index is 0.0836. The van der Waals surface area contributed by atoms with Crippen LogP contribution in [0.3, 0.4) is 0 Å². The van der Waals surface area contributed by atoms with Crippen LogP contribution in [0.1, 0.15) is 22.0 Å². The summed E-state index contributed by atoms with van der Waals surface area (Å²) in [6.45, 7) is 0. The predicted octanol–water partition coefficient (Wildman–Crippen LogP) is 2.15. The van der Waals surface area contributed by atoms with Crippen LogP contribution in [0.4, 0.5) is 0 Å². The predicted molar refractivity (Wildman–Crippen MR) is 81.5 cm³/mol. The van der Waals surface area contributed by atoms with Gasteiger partial charge >= 0.3 is 0 Å². The number of carbonyl (C=O) groups excluding carboxylic acids is 1. The molecule has 4 N–H and O–H groups in total. The van der Waals surface area contributed by atoms with Crippen LogP contribution in [0.2, 0.25) is 0 Å². The average molecular weight is 286 g/mol. The van der Waals surface area contributed by atoms with Crippen molar-refractivity contribution in [3.8, 4) is 5.75 Å². The Balaban J connectivity index is 2.24. The highest BCUT2D eigenvalue weighted by atomic mass is 32.1. The Hall–Kier alpha value is -2.40. The first-order valence-corrected chi connectivity index (χ1v) is 6.43. The summed E-state index contributed by atoms with van der Waals surface area (Å²) in [5, 5.41) is 12.4. The Labute approximate surface area is 122 Å². The van der Waals surface area contributed by atoms with E-state index in [9.17, 15) is 9.90 Å². The number of nitrogens with one attached hydrogen (secondary N) is 1. The number of phenolic OH excluding ortho intramolecular Hbond substituents is 1. The van der Waals surface area contributed by atoms with E-state index in [2.05, 4.69) is 5.32 Å². The number of amides is 1. The number of carbonyl (C=O) groups is 1. The highest BCUT2D eigenvalue weighted by Gasteiger charge is 2.19. The number of phenols is 1. The molecule has 0 aliphatic carbocycles. The lowest BCUT2D eigenvalue weighted by atomic mass is 10.1. The summed E-state index contributed by atoms with van der Waals surface area (Å²) in [5.74, 6) is -0.510. The topological polar surface area (TPSA) is 75.3 Å². The summed E-state index contributed by atoms with van der Waals surface area (Å²) in [5.41, 5.74) is 6.67. The third-order valence-electron chi connectivity index (χ3n) is 2.84. The van der Waals surface area contributed by atoms with E-state index in [1.54, 1.807) is 12.1 Å². The third kappa shape index (κ3) is 3.13. The summed E-state index contributed by atoms with van der Waals surface area (Å²) in [6.07, 6.45) is 0. The lowest BCUT2D eigenvalue weighted by Gasteiger charge is -2.18. The van der Waals surface area contributed by atoms with Gasteiger partial charge in [-0.15, -0.1) is 0 Å². The van der Waals surface area contributed by atoms with Crippen LogP contribution in [-0.2, 0) is 0 Å². The molecule has 0 aromatic heterocycles. The van der Waals surface area contributed by atoms with E-state index in [4.69, 9.17) is 18.0 Å². The SMILES string of the molecule is NC(=S)C(NC(=O)c1ccccc1O)c1ccccc1. The first-order chi connectivity index (χ1) is 9.59. The Kier molecular flexibility index (Phi) is 4.32. The van der Waals surface area contributed by atoms with E-state index in [0.717, 1.165) is 5.56 Å². The number of rotatable bonds is 4. The van der Waals surface area contributed by atoms with Crippen molar-refractivity contribution in [3.63, 3.8) is 0 Å². The van der Waals surface area contributed by atoms with E-state index < -0.39 is 11.9 Å². The Morgan fingerprint density at radius 2 is 1.70 bits per heavy atom. The first-order valence-electron chi connectivity index (χ1n) is 6.02. The quantitative estimate of drug-likeness (QED) is 0.753. The van der Waals surface area contributed by atoms with E-state index in [-0.39, 0.29) is 16.3 Å². The van der Waals surface area contributed by atoms with Crippen LogP contribution in [0.5, 0.6) is 5.75 Å². The lowest BCUT2D eigenvalue weighted by molar-refractivity contribution is 0.0944. The summed E-state index contributed by atoms with van der Waals surface area (Å²) in [4.78, 5) is 12.3. The Bertz CT molecular complexity index is 629. The maximum Gasteiger partial charge on any atom is 0.255 e. The van der Waals surface area contributed by atoms with E-state index in [1.807, 2.05) is 30.3 Å². The van der Waals surface area contributed by atoms with Crippen molar-refractivity contribution in [2.75, 3.05) is 0 Å². The number of thiocarbonyl (C=S) groups is 1. The Morgan fingerprint density at radius 3 is 2.30 bits per heavy atom. The number of aromatic hydroxyl groups is 1. The lowest BCUT2D eigenvalue weighted by Crippen LogP contribution is -2.36. The van der Waals surface area contributed by atoms with Crippen LogP contribution >= 0.6 is 12.2 Å². The van der Waals surface area contributed by atoms with Crippen molar-refractivity contribution in [2.45, 2.75) is 6.04 Å². The van der Waals surface area contributed by atoms with Gasteiger partial charge in [0.25, 0.3) is 5.91 Å². The van der Waals surface area contributed by atoms with Gasteiger partial charge in [-0.25, -0.2) is 0 Å². The smallest absolute Gasteiger partial charge is 0.255 e. The van der Waals surface area contributed by atoms with Crippen LogP contribution in [0.15, 0.2) is 54.6 Å². The largest absolute Gasteiger partial charge is 0.507 e. The monoisotopic (exact) mass is 286 g/mol. The van der Waals surface area contributed by atoms with Gasteiger partial charge in [0.2, 0.25) is 0 Å². The molecule has 2 aromatic rings. The molecule has 0 fully saturated rings. The second-order valence-corrected chi connectivity index (χ2v) is 4.71. The van der Waals surface area contributed by atoms with Crippen LogP contribution in [0.25, 0.3) is 0 Å². The molecule has 1 atom stereocenters. The van der Waals surface area contributed by atoms with Crippen molar-refractivity contribution in [1.29, 1.82) is 0 Å². The average Bonchev–Trinajstić information content (AvgIpc) is 2.45. The van der Waals surface area contributed by atoms with Crippen molar-refractivity contribution in [3.05, 3.63) is 65.7 Å². The van der Waals surface area contributed by atoms with Crippen LogP contribution in [0, 0.1) is 0 Å². The Morgan fingerprint density at radius 1 is 1.10 bits per heavy atom. The molecule has 20 heavy (non-hydrogen) atoms. The molecule has 0 saturated heterocycles. The fourth-order valence-electron chi connectivity index (χ4n) is 1.84. The number of nitrogens with two attached hydrogens (primary N) is 1. The van der Waals surface area contributed by atoms with Gasteiger partial charge in [0.05, 0.1) is 5.56 Å². The molecule has 0 heterocycles. The van der Waals surface area contributed by atoms with Gasteiger partial charge in [-0.3, -0.25) is 4.79 Å². The van der Waals surface area contributed by atoms with Gasteiger partial charge < -0.3 is 16.2 Å². The van der Waals surface area contributed by atoms with Crippen molar-refractivity contribution in [1.82, 2.24) is 5.32 Å². The minimum Gasteiger partial charge on any atom is -0.507 e.